The number of benzene rings is 1. The van der Waals surface area contributed by atoms with Gasteiger partial charge in [0, 0.05) is 22.3 Å². The predicted octanol–water partition coefficient (Wildman–Crippen LogP) is 2.72. The van der Waals surface area contributed by atoms with Crippen molar-refractivity contribution in [3.63, 3.8) is 0 Å². The lowest BCUT2D eigenvalue weighted by atomic mass is 10.2. The van der Waals surface area contributed by atoms with Gasteiger partial charge in [0.15, 0.2) is 4.96 Å². The van der Waals surface area contributed by atoms with Crippen molar-refractivity contribution in [3.05, 3.63) is 52.3 Å². The van der Waals surface area contributed by atoms with Gasteiger partial charge in [-0.25, -0.2) is 4.98 Å². The summed E-state index contributed by atoms with van der Waals surface area (Å²) in [4.78, 5) is 16.8. The van der Waals surface area contributed by atoms with Gasteiger partial charge in [0.05, 0.1) is 17.9 Å². The highest BCUT2D eigenvalue weighted by Crippen LogP contribution is 2.21. The largest absolute Gasteiger partial charge is 0.379 e. The first-order valence-corrected chi connectivity index (χ1v) is 7.50. The fraction of sp³-hybridized carbons (Fsp3) is 0.200. The molecule has 1 amide bonds. The number of carbonyl (C=O) groups is 1. The van der Waals surface area contributed by atoms with Crippen molar-refractivity contribution in [1.29, 1.82) is 0 Å². The fourth-order valence-electron chi connectivity index (χ4n) is 2.34. The predicted molar refractivity (Wildman–Crippen MR) is 84.8 cm³/mol. The number of thiazole rings is 1. The maximum Gasteiger partial charge on any atom is 0.248 e. The van der Waals surface area contributed by atoms with E-state index in [2.05, 4.69) is 27.0 Å². The summed E-state index contributed by atoms with van der Waals surface area (Å²) >= 11 is 1.64. The molecule has 3 N–H and O–H groups in total. The summed E-state index contributed by atoms with van der Waals surface area (Å²) in [6, 6.07) is 7.20. The Labute approximate surface area is 126 Å². The Hall–Kier alpha value is -2.34. The highest BCUT2D eigenvalue weighted by atomic mass is 32.1. The fourth-order valence-corrected chi connectivity index (χ4v) is 3.27. The second-order valence-corrected chi connectivity index (χ2v) is 5.77. The number of imidazole rings is 1. The molecule has 0 atom stereocenters. The van der Waals surface area contributed by atoms with Gasteiger partial charge in [-0.15, -0.1) is 11.3 Å². The number of hydrogen-bond donors (Lipinski definition) is 2. The van der Waals surface area contributed by atoms with Crippen molar-refractivity contribution in [3.8, 4) is 0 Å². The first kappa shape index (κ1) is 13.6. The molecule has 3 aromatic rings. The average molecular weight is 300 g/mol. The van der Waals surface area contributed by atoms with Crippen LogP contribution in [0.1, 0.15) is 27.4 Å². The third-order valence-electron chi connectivity index (χ3n) is 3.44. The molecule has 0 unspecified atom stereocenters. The summed E-state index contributed by atoms with van der Waals surface area (Å²) < 4.78 is 2.16. The van der Waals surface area contributed by atoms with Gasteiger partial charge in [0.1, 0.15) is 0 Å². The van der Waals surface area contributed by atoms with E-state index in [1.807, 2.05) is 19.1 Å². The number of nitrogens with two attached hydrogens (primary N) is 1. The van der Waals surface area contributed by atoms with Crippen molar-refractivity contribution in [2.45, 2.75) is 20.4 Å². The number of fused-ring (bicyclic) bond motifs is 1. The molecule has 0 fully saturated rings. The summed E-state index contributed by atoms with van der Waals surface area (Å²) in [5, 5.41) is 5.42. The van der Waals surface area contributed by atoms with E-state index < -0.39 is 5.91 Å². The zero-order chi connectivity index (χ0) is 15.0. The molecule has 3 rings (SSSR count). The summed E-state index contributed by atoms with van der Waals surface area (Å²) in [5.41, 5.74) is 10.00. The number of nitrogens with zero attached hydrogens (tertiary/aromatic N) is 2. The standard InChI is InChI=1S/C15H16N4OS/c1-9-8-21-15-18-10(2)13(19(9)15)7-17-12-5-3-4-11(6-12)14(16)20/h3-6,8,17H,7H2,1-2H3,(H2,16,20). The van der Waals surface area contributed by atoms with Gasteiger partial charge >= 0.3 is 0 Å². The van der Waals surface area contributed by atoms with Crippen LogP contribution < -0.4 is 11.1 Å². The lowest BCUT2D eigenvalue weighted by Gasteiger charge is -2.08. The first-order chi connectivity index (χ1) is 10.1. The molecule has 0 radical (unpaired) electrons. The number of rotatable bonds is 4. The molecule has 1 aromatic carbocycles. The van der Waals surface area contributed by atoms with E-state index in [9.17, 15) is 4.79 Å². The Morgan fingerprint density at radius 3 is 3.00 bits per heavy atom. The van der Waals surface area contributed by atoms with E-state index in [0.717, 1.165) is 22.0 Å². The van der Waals surface area contributed by atoms with Gasteiger partial charge in [0.2, 0.25) is 5.91 Å². The van der Waals surface area contributed by atoms with Crippen LogP contribution in [0.2, 0.25) is 0 Å². The van der Waals surface area contributed by atoms with Gasteiger partial charge in [-0.3, -0.25) is 9.20 Å². The summed E-state index contributed by atoms with van der Waals surface area (Å²) in [5.74, 6) is -0.421. The van der Waals surface area contributed by atoms with E-state index in [1.165, 1.54) is 5.69 Å². The van der Waals surface area contributed by atoms with Crippen molar-refractivity contribution < 1.29 is 4.79 Å². The van der Waals surface area contributed by atoms with Crippen LogP contribution in [-0.2, 0) is 6.54 Å². The molecule has 21 heavy (non-hydrogen) atoms. The maximum atomic E-state index is 11.2. The van der Waals surface area contributed by atoms with Crippen LogP contribution in [0.4, 0.5) is 5.69 Å². The molecule has 0 bridgehead atoms. The van der Waals surface area contributed by atoms with Crippen LogP contribution in [0.25, 0.3) is 4.96 Å². The first-order valence-electron chi connectivity index (χ1n) is 6.62. The Kier molecular flexibility index (Phi) is 3.39. The molecule has 0 spiro atoms. The molecule has 6 heteroatoms. The molecular weight excluding hydrogens is 284 g/mol. The second-order valence-electron chi connectivity index (χ2n) is 4.94. The highest BCUT2D eigenvalue weighted by molar-refractivity contribution is 7.15. The third-order valence-corrected chi connectivity index (χ3v) is 4.38. The van der Waals surface area contributed by atoms with Crippen molar-refractivity contribution in [1.82, 2.24) is 9.38 Å². The monoisotopic (exact) mass is 300 g/mol. The topological polar surface area (TPSA) is 72.4 Å². The Morgan fingerprint density at radius 2 is 2.24 bits per heavy atom. The van der Waals surface area contributed by atoms with E-state index in [-0.39, 0.29) is 0 Å². The van der Waals surface area contributed by atoms with Crippen LogP contribution in [0, 0.1) is 13.8 Å². The number of hydrogen-bond acceptors (Lipinski definition) is 4. The second kappa shape index (κ2) is 5.21. The molecule has 2 aromatic heterocycles. The van der Waals surface area contributed by atoms with Gasteiger partial charge in [0.25, 0.3) is 0 Å². The van der Waals surface area contributed by atoms with Crippen molar-refractivity contribution in [2.24, 2.45) is 5.73 Å². The number of carbonyl (C=O) groups excluding carboxylic acids is 1. The Morgan fingerprint density at radius 1 is 1.43 bits per heavy atom. The molecule has 0 saturated carbocycles. The van der Waals surface area contributed by atoms with Crippen LogP contribution in [0.5, 0.6) is 0 Å². The van der Waals surface area contributed by atoms with Crippen LogP contribution in [0.15, 0.2) is 29.6 Å². The average Bonchev–Trinajstić information content (AvgIpc) is 2.96. The minimum Gasteiger partial charge on any atom is -0.379 e. The lowest BCUT2D eigenvalue weighted by Crippen LogP contribution is -2.11. The third kappa shape index (κ3) is 2.50. The minimum absolute atomic E-state index is 0.421. The van der Waals surface area contributed by atoms with Gasteiger partial charge in [-0.05, 0) is 32.0 Å². The molecule has 108 valence electrons. The Bertz CT molecular complexity index is 818. The zero-order valence-electron chi connectivity index (χ0n) is 11.9. The quantitative estimate of drug-likeness (QED) is 0.778. The number of primary amides is 1. The number of anilines is 1. The molecule has 0 aliphatic carbocycles. The summed E-state index contributed by atoms with van der Waals surface area (Å²) in [6.45, 7) is 4.73. The van der Waals surface area contributed by atoms with E-state index in [0.29, 0.717) is 12.1 Å². The van der Waals surface area contributed by atoms with Crippen LogP contribution in [0.3, 0.4) is 0 Å². The van der Waals surface area contributed by atoms with Crippen molar-refractivity contribution in [2.75, 3.05) is 5.32 Å². The molecule has 0 aliphatic heterocycles. The molecule has 0 saturated heterocycles. The summed E-state index contributed by atoms with van der Waals surface area (Å²) in [7, 11) is 0. The molecular formula is C15H16N4OS. The highest BCUT2D eigenvalue weighted by Gasteiger charge is 2.12. The molecule has 2 heterocycles. The van der Waals surface area contributed by atoms with E-state index in [1.54, 1.807) is 23.5 Å². The molecule has 0 aliphatic rings. The van der Waals surface area contributed by atoms with Gasteiger partial charge < -0.3 is 11.1 Å². The Balaban J connectivity index is 1.86. The SMILES string of the molecule is Cc1nc2scc(C)n2c1CNc1cccc(C(N)=O)c1. The molecule has 5 nitrogen and oxygen atoms in total. The van der Waals surface area contributed by atoms with E-state index >= 15 is 0 Å². The normalized spacial score (nSPS) is 11.0. The maximum absolute atomic E-state index is 11.2. The van der Waals surface area contributed by atoms with E-state index in [4.69, 9.17) is 5.73 Å². The number of amides is 1. The smallest absolute Gasteiger partial charge is 0.248 e. The minimum atomic E-state index is -0.421. The van der Waals surface area contributed by atoms with Crippen LogP contribution >= 0.6 is 11.3 Å². The summed E-state index contributed by atoms with van der Waals surface area (Å²) in [6.07, 6.45) is 0. The number of aryl methyl sites for hydroxylation is 2. The van der Waals surface area contributed by atoms with Gasteiger partial charge in [-0.1, -0.05) is 6.07 Å². The number of aromatic nitrogens is 2. The van der Waals surface area contributed by atoms with Crippen molar-refractivity contribution >= 4 is 27.9 Å². The number of nitrogens with one attached hydrogen (secondary N) is 1. The lowest BCUT2D eigenvalue weighted by molar-refractivity contribution is 0.100. The van der Waals surface area contributed by atoms with Gasteiger partial charge in [-0.2, -0.15) is 0 Å². The van der Waals surface area contributed by atoms with Crippen LogP contribution in [-0.4, -0.2) is 15.3 Å². The zero-order valence-corrected chi connectivity index (χ0v) is 12.7.